The van der Waals surface area contributed by atoms with Gasteiger partial charge in [0, 0.05) is 6.26 Å². The number of aliphatic hydroxyl groups is 1. The van der Waals surface area contributed by atoms with Gasteiger partial charge in [0.05, 0.1) is 11.4 Å². The summed E-state index contributed by atoms with van der Waals surface area (Å²) < 4.78 is 22.1. The zero-order valence-corrected chi connectivity index (χ0v) is 8.34. The van der Waals surface area contributed by atoms with E-state index in [2.05, 4.69) is 0 Å². The first kappa shape index (κ1) is 9.99. The number of aliphatic hydroxyl groups excluding tert-OH is 1. The van der Waals surface area contributed by atoms with E-state index < -0.39 is 21.2 Å². The van der Waals surface area contributed by atoms with Gasteiger partial charge in [0.1, 0.15) is 0 Å². The Morgan fingerprint density at radius 3 is 2.17 bits per heavy atom. The summed E-state index contributed by atoms with van der Waals surface area (Å²) in [5.41, 5.74) is 0. The van der Waals surface area contributed by atoms with Crippen LogP contribution in [0.25, 0.3) is 0 Å². The fraction of sp³-hybridized carbons (Fsp3) is 1.00. The van der Waals surface area contributed by atoms with Gasteiger partial charge in [-0.25, -0.2) is 8.42 Å². The van der Waals surface area contributed by atoms with Gasteiger partial charge in [-0.2, -0.15) is 0 Å². The molecule has 0 spiro atoms. The molecule has 0 aliphatic heterocycles. The molecule has 3 nitrogen and oxygen atoms in total. The first-order valence-corrected chi connectivity index (χ1v) is 6.25. The van der Waals surface area contributed by atoms with Crippen LogP contribution >= 0.6 is 0 Å². The molecule has 0 unspecified atom stereocenters. The molecule has 1 aliphatic rings. The molecule has 4 heteroatoms. The first-order valence-electron chi connectivity index (χ1n) is 4.30. The molecule has 1 fully saturated rings. The van der Waals surface area contributed by atoms with Crippen molar-refractivity contribution in [2.75, 3.05) is 6.26 Å². The summed E-state index contributed by atoms with van der Waals surface area (Å²) in [6.07, 6.45) is 3.59. The van der Waals surface area contributed by atoms with Crippen molar-refractivity contribution in [1.82, 2.24) is 0 Å². The highest BCUT2D eigenvalue weighted by atomic mass is 32.2. The highest BCUT2D eigenvalue weighted by Crippen LogP contribution is 2.32. The maximum Gasteiger partial charge on any atom is 0.152 e. The lowest BCUT2D eigenvalue weighted by molar-refractivity contribution is 0.0622. The second-order valence-corrected chi connectivity index (χ2v) is 6.12. The summed E-state index contributed by atoms with van der Waals surface area (Å²) in [4.78, 5) is 0. The summed E-state index contributed by atoms with van der Waals surface area (Å²) in [6.45, 7) is 1.58. The van der Waals surface area contributed by atoms with Crippen molar-refractivity contribution in [2.24, 2.45) is 5.92 Å². The van der Waals surface area contributed by atoms with E-state index in [0.717, 1.165) is 19.3 Å². The molecule has 0 radical (unpaired) electrons. The molecule has 0 aromatic rings. The minimum Gasteiger partial charge on any atom is -0.392 e. The van der Waals surface area contributed by atoms with Crippen molar-refractivity contribution < 1.29 is 13.5 Å². The van der Waals surface area contributed by atoms with Gasteiger partial charge in [-0.15, -0.1) is 0 Å². The van der Waals surface area contributed by atoms with E-state index in [1.54, 1.807) is 6.92 Å². The smallest absolute Gasteiger partial charge is 0.152 e. The van der Waals surface area contributed by atoms with Crippen molar-refractivity contribution in [3.05, 3.63) is 0 Å². The molecule has 2 atom stereocenters. The number of hydrogen-bond acceptors (Lipinski definition) is 3. The van der Waals surface area contributed by atoms with Crippen LogP contribution in [0.1, 0.15) is 26.2 Å². The van der Waals surface area contributed by atoms with Gasteiger partial charge in [-0.05, 0) is 25.7 Å². The van der Waals surface area contributed by atoms with E-state index in [-0.39, 0.29) is 5.92 Å². The summed E-state index contributed by atoms with van der Waals surface area (Å²) >= 11 is 0. The molecule has 0 heterocycles. The van der Waals surface area contributed by atoms with Crippen molar-refractivity contribution in [1.29, 1.82) is 0 Å². The van der Waals surface area contributed by atoms with Crippen LogP contribution in [0.15, 0.2) is 0 Å². The predicted molar refractivity (Wildman–Crippen MR) is 47.7 cm³/mol. The van der Waals surface area contributed by atoms with Crippen LogP contribution < -0.4 is 0 Å². The molecule has 1 aliphatic carbocycles. The number of hydrogen-bond donors (Lipinski definition) is 1. The second-order valence-electron chi connectivity index (χ2n) is 3.72. The Morgan fingerprint density at radius 1 is 1.42 bits per heavy atom. The lowest BCUT2D eigenvalue weighted by Crippen LogP contribution is -2.39. The quantitative estimate of drug-likeness (QED) is 0.711. The summed E-state index contributed by atoms with van der Waals surface area (Å²) in [5.74, 6) is 0.217. The molecule has 0 amide bonds. The first-order chi connectivity index (χ1) is 5.43. The third-order valence-corrected chi connectivity index (χ3v) is 4.42. The molecule has 0 saturated heterocycles. The Bertz CT molecular complexity index is 241. The molecule has 0 bridgehead atoms. The van der Waals surface area contributed by atoms with E-state index in [9.17, 15) is 13.5 Å². The highest BCUT2D eigenvalue weighted by Gasteiger charge is 2.33. The molecule has 1 N–H and O–H groups in total. The van der Waals surface area contributed by atoms with Crippen molar-refractivity contribution in [2.45, 2.75) is 37.5 Å². The van der Waals surface area contributed by atoms with Crippen LogP contribution in [-0.4, -0.2) is 31.1 Å². The second kappa shape index (κ2) is 3.34. The number of rotatable bonds is 3. The average molecular weight is 192 g/mol. The summed E-state index contributed by atoms with van der Waals surface area (Å²) in [5, 5.41) is 8.99. The zero-order valence-electron chi connectivity index (χ0n) is 7.53. The van der Waals surface area contributed by atoms with Crippen molar-refractivity contribution >= 4 is 9.84 Å². The van der Waals surface area contributed by atoms with Gasteiger partial charge in [-0.1, -0.05) is 6.42 Å². The third-order valence-electron chi connectivity index (χ3n) is 2.79. The zero-order chi connectivity index (χ0) is 9.35. The van der Waals surface area contributed by atoms with Gasteiger partial charge < -0.3 is 5.11 Å². The van der Waals surface area contributed by atoms with Gasteiger partial charge in [0.15, 0.2) is 9.84 Å². The van der Waals surface area contributed by atoms with E-state index in [1.165, 1.54) is 6.26 Å². The van der Waals surface area contributed by atoms with Gasteiger partial charge in [0.25, 0.3) is 0 Å². The van der Waals surface area contributed by atoms with Crippen LogP contribution in [0.3, 0.4) is 0 Å². The van der Waals surface area contributed by atoms with Crippen LogP contribution in [0.2, 0.25) is 0 Å². The molecule has 0 aromatic heterocycles. The minimum absolute atomic E-state index is 0.217. The van der Waals surface area contributed by atoms with Crippen LogP contribution in [0.5, 0.6) is 0 Å². The Hall–Kier alpha value is -0.0900. The lowest BCUT2D eigenvalue weighted by atomic mass is 9.80. The van der Waals surface area contributed by atoms with Gasteiger partial charge >= 0.3 is 0 Å². The fourth-order valence-electron chi connectivity index (χ4n) is 1.42. The van der Waals surface area contributed by atoms with Crippen LogP contribution in [0.4, 0.5) is 0 Å². The Morgan fingerprint density at radius 2 is 1.92 bits per heavy atom. The molecular formula is C8H16O3S. The fourth-order valence-corrected chi connectivity index (χ4v) is 2.15. The topological polar surface area (TPSA) is 54.4 Å². The SMILES string of the molecule is C[C@H]([C@H](O)C1CCC1)S(C)(=O)=O. The molecule has 0 aromatic carbocycles. The lowest BCUT2D eigenvalue weighted by Gasteiger charge is -2.32. The Balaban J connectivity index is 2.57. The maximum absolute atomic E-state index is 11.1. The monoisotopic (exact) mass is 192 g/mol. The van der Waals surface area contributed by atoms with E-state index in [0.29, 0.717) is 0 Å². The van der Waals surface area contributed by atoms with Crippen molar-refractivity contribution in [3.8, 4) is 0 Å². The maximum atomic E-state index is 11.1. The highest BCUT2D eigenvalue weighted by molar-refractivity contribution is 7.91. The predicted octanol–water partition coefficient (Wildman–Crippen LogP) is 0.581. The van der Waals surface area contributed by atoms with Gasteiger partial charge in [0.2, 0.25) is 0 Å². The molecule has 1 rings (SSSR count). The standard InChI is InChI=1S/C8H16O3S/c1-6(12(2,10)11)8(9)7-4-3-5-7/h6-9H,3-5H2,1-2H3/t6-,8+/m1/s1. The van der Waals surface area contributed by atoms with Gasteiger partial charge in [-0.3, -0.25) is 0 Å². The van der Waals surface area contributed by atoms with E-state index in [1.807, 2.05) is 0 Å². The van der Waals surface area contributed by atoms with Crippen LogP contribution in [-0.2, 0) is 9.84 Å². The molecule has 1 saturated carbocycles. The van der Waals surface area contributed by atoms with Crippen LogP contribution in [0, 0.1) is 5.92 Å². The summed E-state index contributed by atoms with van der Waals surface area (Å²) in [7, 11) is -3.07. The molecular weight excluding hydrogens is 176 g/mol. The Kier molecular flexibility index (Phi) is 2.78. The Labute approximate surface area is 73.7 Å². The van der Waals surface area contributed by atoms with E-state index in [4.69, 9.17) is 0 Å². The molecule has 72 valence electrons. The third kappa shape index (κ3) is 1.98. The average Bonchev–Trinajstić information content (AvgIpc) is 1.79. The largest absolute Gasteiger partial charge is 0.392 e. The van der Waals surface area contributed by atoms with Crippen molar-refractivity contribution in [3.63, 3.8) is 0 Å². The number of sulfone groups is 1. The minimum atomic E-state index is -3.07. The summed E-state index contributed by atoms with van der Waals surface area (Å²) in [6, 6.07) is 0. The normalized spacial score (nSPS) is 24.6. The van der Waals surface area contributed by atoms with E-state index >= 15 is 0 Å². The molecule has 12 heavy (non-hydrogen) atoms.